The van der Waals surface area contributed by atoms with Gasteiger partial charge in [-0.25, -0.2) is 0 Å². The average molecular weight is 367 g/mol. The first-order chi connectivity index (χ1) is 11.3. The number of amides is 2. The van der Waals surface area contributed by atoms with Crippen molar-refractivity contribution >= 4 is 46.4 Å². The van der Waals surface area contributed by atoms with Crippen molar-refractivity contribution < 1.29 is 19.1 Å². The Morgan fingerprint density at radius 3 is 2.58 bits per heavy atom. The fourth-order valence-corrected chi connectivity index (χ4v) is 2.89. The topological polar surface area (TPSA) is 67.9 Å². The summed E-state index contributed by atoms with van der Waals surface area (Å²) in [6.45, 7) is 3.80. The zero-order chi connectivity index (χ0) is 17.5. The van der Waals surface area contributed by atoms with Crippen LogP contribution in [0, 0.1) is 0 Å². The monoisotopic (exact) mass is 366 g/mol. The molecule has 2 fully saturated rings. The van der Waals surface area contributed by atoms with E-state index in [0.29, 0.717) is 10.7 Å². The SMILES string of the molecule is CC1(C)OC[C@H](/C=C2\C(=O)NC(=S)N(c3ccc(Cl)cc3)C2=O)O1. The van der Waals surface area contributed by atoms with E-state index in [1.54, 1.807) is 38.1 Å². The Kier molecular flexibility index (Phi) is 4.44. The third-order valence-electron chi connectivity index (χ3n) is 3.57. The minimum Gasteiger partial charge on any atom is -0.347 e. The van der Waals surface area contributed by atoms with E-state index in [9.17, 15) is 9.59 Å². The summed E-state index contributed by atoms with van der Waals surface area (Å²) >= 11 is 11.0. The summed E-state index contributed by atoms with van der Waals surface area (Å²) in [5, 5.41) is 3.07. The lowest BCUT2D eigenvalue weighted by atomic mass is 10.1. The minimum absolute atomic E-state index is 0.0217. The van der Waals surface area contributed by atoms with Crippen LogP contribution in [0.2, 0.25) is 5.02 Å². The minimum atomic E-state index is -0.749. The molecule has 0 radical (unpaired) electrons. The van der Waals surface area contributed by atoms with Crippen LogP contribution >= 0.6 is 23.8 Å². The maximum atomic E-state index is 12.8. The highest BCUT2D eigenvalue weighted by atomic mass is 35.5. The zero-order valence-electron chi connectivity index (χ0n) is 13.0. The van der Waals surface area contributed by atoms with Gasteiger partial charge in [-0.3, -0.25) is 19.8 Å². The van der Waals surface area contributed by atoms with Crippen molar-refractivity contribution in [1.82, 2.24) is 5.32 Å². The number of carbonyl (C=O) groups is 2. The van der Waals surface area contributed by atoms with E-state index in [1.807, 2.05) is 0 Å². The maximum Gasteiger partial charge on any atom is 0.269 e. The highest BCUT2D eigenvalue weighted by Gasteiger charge is 2.37. The van der Waals surface area contributed by atoms with Gasteiger partial charge in [0.2, 0.25) is 0 Å². The van der Waals surface area contributed by atoms with Crippen molar-refractivity contribution in [2.45, 2.75) is 25.7 Å². The molecule has 1 aromatic carbocycles. The van der Waals surface area contributed by atoms with E-state index in [2.05, 4.69) is 5.32 Å². The molecule has 0 aliphatic carbocycles. The Labute approximate surface area is 149 Å². The molecule has 126 valence electrons. The summed E-state index contributed by atoms with van der Waals surface area (Å²) in [5.41, 5.74) is 0.481. The van der Waals surface area contributed by atoms with Crippen LogP contribution in [0.4, 0.5) is 5.69 Å². The molecule has 1 N–H and O–H groups in total. The molecule has 1 aromatic rings. The Balaban J connectivity index is 1.90. The van der Waals surface area contributed by atoms with Crippen molar-refractivity contribution in [3.63, 3.8) is 0 Å². The first-order valence-corrected chi connectivity index (χ1v) is 8.04. The molecular formula is C16H15ClN2O4S. The van der Waals surface area contributed by atoms with Gasteiger partial charge in [-0.1, -0.05) is 11.6 Å². The quantitative estimate of drug-likeness (QED) is 0.493. The summed E-state index contributed by atoms with van der Waals surface area (Å²) in [5.74, 6) is -1.82. The van der Waals surface area contributed by atoms with Crippen molar-refractivity contribution in [2.24, 2.45) is 0 Å². The first-order valence-electron chi connectivity index (χ1n) is 7.26. The normalized spacial score (nSPS) is 25.3. The van der Waals surface area contributed by atoms with Gasteiger partial charge in [0.05, 0.1) is 12.3 Å². The Hall–Kier alpha value is -1.80. The van der Waals surface area contributed by atoms with Crippen LogP contribution in [0.25, 0.3) is 0 Å². The van der Waals surface area contributed by atoms with E-state index in [0.717, 1.165) is 0 Å². The van der Waals surface area contributed by atoms with Gasteiger partial charge in [-0.05, 0) is 56.4 Å². The summed E-state index contributed by atoms with van der Waals surface area (Å²) in [6.07, 6.45) is 0.986. The molecule has 2 heterocycles. The average Bonchev–Trinajstić information content (AvgIpc) is 2.84. The molecule has 0 unspecified atom stereocenters. The van der Waals surface area contributed by atoms with Crippen LogP contribution in [0.3, 0.4) is 0 Å². The molecule has 0 aromatic heterocycles. The summed E-state index contributed by atoms with van der Waals surface area (Å²) < 4.78 is 11.1. The molecule has 2 saturated heterocycles. The Bertz CT molecular complexity index is 745. The lowest BCUT2D eigenvalue weighted by Crippen LogP contribution is -2.54. The van der Waals surface area contributed by atoms with Gasteiger partial charge in [0.15, 0.2) is 10.9 Å². The van der Waals surface area contributed by atoms with Crippen molar-refractivity contribution in [1.29, 1.82) is 0 Å². The molecule has 24 heavy (non-hydrogen) atoms. The van der Waals surface area contributed by atoms with Crippen molar-refractivity contribution in [2.75, 3.05) is 11.5 Å². The van der Waals surface area contributed by atoms with Crippen LogP contribution in [0.1, 0.15) is 13.8 Å². The van der Waals surface area contributed by atoms with E-state index >= 15 is 0 Å². The molecule has 8 heteroatoms. The molecule has 0 saturated carbocycles. The van der Waals surface area contributed by atoms with E-state index < -0.39 is 23.7 Å². The molecule has 0 bridgehead atoms. The number of hydrogen-bond donors (Lipinski definition) is 1. The Morgan fingerprint density at radius 2 is 2.00 bits per heavy atom. The van der Waals surface area contributed by atoms with Gasteiger partial charge in [-0.15, -0.1) is 0 Å². The predicted molar refractivity (Wildman–Crippen MR) is 92.7 cm³/mol. The van der Waals surface area contributed by atoms with Crippen LogP contribution in [-0.4, -0.2) is 35.4 Å². The molecule has 3 rings (SSSR count). The largest absolute Gasteiger partial charge is 0.347 e. The van der Waals surface area contributed by atoms with Gasteiger partial charge in [0.1, 0.15) is 11.7 Å². The number of benzene rings is 1. The summed E-state index contributed by atoms with van der Waals surface area (Å²) in [6, 6.07) is 6.59. The molecule has 6 nitrogen and oxygen atoms in total. The molecule has 2 amide bonds. The van der Waals surface area contributed by atoms with Crippen LogP contribution < -0.4 is 10.2 Å². The van der Waals surface area contributed by atoms with Crippen LogP contribution in [-0.2, 0) is 19.1 Å². The van der Waals surface area contributed by atoms with Gasteiger partial charge >= 0.3 is 0 Å². The van der Waals surface area contributed by atoms with Gasteiger partial charge in [-0.2, -0.15) is 0 Å². The number of nitrogens with one attached hydrogen (secondary N) is 1. The fraction of sp³-hybridized carbons (Fsp3) is 0.312. The molecule has 0 spiro atoms. The van der Waals surface area contributed by atoms with Crippen LogP contribution in [0.5, 0.6) is 0 Å². The summed E-state index contributed by atoms with van der Waals surface area (Å²) in [7, 11) is 0. The lowest BCUT2D eigenvalue weighted by Gasteiger charge is -2.29. The summed E-state index contributed by atoms with van der Waals surface area (Å²) in [4.78, 5) is 26.2. The zero-order valence-corrected chi connectivity index (χ0v) is 14.6. The number of carbonyl (C=O) groups excluding carboxylic acids is 2. The predicted octanol–water partition coefficient (Wildman–Crippen LogP) is 2.17. The van der Waals surface area contributed by atoms with Gasteiger partial charge in [0, 0.05) is 5.02 Å². The number of hydrogen-bond acceptors (Lipinski definition) is 5. The van der Waals surface area contributed by atoms with Crippen molar-refractivity contribution in [3.05, 3.63) is 40.9 Å². The second kappa shape index (κ2) is 6.25. The van der Waals surface area contributed by atoms with E-state index in [1.165, 1.54) is 11.0 Å². The standard InChI is InChI=1S/C16H15ClN2O4S/c1-16(2)22-8-11(23-16)7-12-13(20)18-15(24)19(14(12)21)10-5-3-9(17)4-6-10/h3-7,11H,8H2,1-2H3,(H,18,20,24)/b12-7+/t11-/m0/s1. The Morgan fingerprint density at radius 1 is 1.33 bits per heavy atom. The number of halogens is 1. The third kappa shape index (κ3) is 3.34. The number of rotatable bonds is 2. The third-order valence-corrected chi connectivity index (χ3v) is 4.11. The second-order valence-electron chi connectivity index (χ2n) is 5.82. The maximum absolute atomic E-state index is 12.8. The van der Waals surface area contributed by atoms with E-state index in [-0.39, 0.29) is 17.3 Å². The molecule has 1 atom stereocenters. The number of ether oxygens (including phenoxy) is 2. The van der Waals surface area contributed by atoms with Crippen molar-refractivity contribution in [3.8, 4) is 0 Å². The highest BCUT2D eigenvalue weighted by molar-refractivity contribution is 7.80. The smallest absolute Gasteiger partial charge is 0.269 e. The first kappa shape index (κ1) is 17.0. The second-order valence-corrected chi connectivity index (χ2v) is 6.65. The number of nitrogens with zero attached hydrogens (tertiary/aromatic N) is 1. The van der Waals surface area contributed by atoms with E-state index in [4.69, 9.17) is 33.3 Å². The molecular weight excluding hydrogens is 352 g/mol. The van der Waals surface area contributed by atoms with Gasteiger partial charge in [0.25, 0.3) is 11.8 Å². The highest BCUT2D eigenvalue weighted by Crippen LogP contribution is 2.26. The van der Waals surface area contributed by atoms with Crippen LogP contribution in [0.15, 0.2) is 35.9 Å². The number of anilines is 1. The lowest BCUT2D eigenvalue weighted by molar-refractivity contribution is -0.134. The number of thiocarbonyl (C=S) groups is 1. The van der Waals surface area contributed by atoms with Gasteiger partial charge < -0.3 is 9.47 Å². The molecule has 2 aliphatic rings. The molecule has 2 aliphatic heterocycles. The fourth-order valence-electron chi connectivity index (χ4n) is 2.49.